The van der Waals surface area contributed by atoms with Crippen LogP contribution in [0.2, 0.25) is 0 Å². The summed E-state index contributed by atoms with van der Waals surface area (Å²) in [7, 11) is 0. The zero-order valence-electron chi connectivity index (χ0n) is 8.27. The van der Waals surface area contributed by atoms with Crippen molar-refractivity contribution in [3.63, 3.8) is 0 Å². The summed E-state index contributed by atoms with van der Waals surface area (Å²) in [6.45, 7) is 1.98. The van der Waals surface area contributed by atoms with Crippen LogP contribution in [-0.2, 0) is 4.79 Å². The summed E-state index contributed by atoms with van der Waals surface area (Å²) in [6.07, 6.45) is 1.80. The third kappa shape index (κ3) is 1.88. The average Bonchev–Trinajstić information content (AvgIpc) is 2.59. The summed E-state index contributed by atoms with van der Waals surface area (Å²) in [5, 5.41) is 6.88. The van der Waals surface area contributed by atoms with Crippen molar-refractivity contribution in [2.45, 2.75) is 6.92 Å². The molecule has 6 heteroatoms. The molecule has 2 heterocycles. The minimum absolute atomic E-state index is 0.0376. The van der Waals surface area contributed by atoms with Crippen molar-refractivity contribution in [3.8, 4) is 0 Å². The van der Waals surface area contributed by atoms with Gasteiger partial charge in [-0.05, 0) is 18.6 Å². The Morgan fingerprint density at radius 2 is 2.47 bits per heavy atom. The average molecular weight is 205 g/mol. The first-order valence-electron chi connectivity index (χ1n) is 4.51. The lowest BCUT2D eigenvalue weighted by atomic mass is 10.3. The van der Waals surface area contributed by atoms with E-state index in [1.807, 2.05) is 19.1 Å². The van der Waals surface area contributed by atoms with Crippen LogP contribution < -0.4 is 11.1 Å². The molecule has 2 rings (SSSR count). The molecule has 0 fully saturated rings. The van der Waals surface area contributed by atoms with Crippen LogP contribution in [0.25, 0.3) is 5.65 Å². The first kappa shape index (κ1) is 9.45. The smallest absolute Gasteiger partial charge is 0.243 e. The number of rotatable bonds is 3. The Morgan fingerprint density at radius 3 is 3.13 bits per heavy atom. The number of nitrogens with zero attached hydrogens (tertiary/aromatic N) is 3. The second kappa shape index (κ2) is 3.56. The van der Waals surface area contributed by atoms with Crippen LogP contribution in [0, 0.1) is 6.92 Å². The first-order valence-corrected chi connectivity index (χ1v) is 4.51. The van der Waals surface area contributed by atoms with Gasteiger partial charge in [0.15, 0.2) is 5.65 Å². The maximum atomic E-state index is 10.6. The predicted molar refractivity (Wildman–Crippen MR) is 55.4 cm³/mol. The Morgan fingerprint density at radius 1 is 1.67 bits per heavy atom. The Balaban J connectivity index is 2.31. The fraction of sp³-hybridized carbons (Fsp3) is 0.222. The van der Waals surface area contributed by atoms with Gasteiger partial charge >= 0.3 is 0 Å². The summed E-state index contributed by atoms with van der Waals surface area (Å²) in [6, 6.07) is 3.83. The highest BCUT2D eigenvalue weighted by Gasteiger charge is 2.05. The maximum absolute atomic E-state index is 10.6. The van der Waals surface area contributed by atoms with Crippen LogP contribution in [-0.4, -0.2) is 27.0 Å². The summed E-state index contributed by atoms with van der Waals surface area (Å²) < 4.78 is 1.65. The van der Waals surface area contributed by atoms with E-state index in [0.29, 0.717) is 5.95 Å². The lowest BCUT2D eigenvalue weighted by molar-refractivity contribution is -0.116. The van der Waals surface area contributed by atoms with Gasteiger partial charge in [0.1, 0.15) is 0 Å². The van der Waals surface area contributed by atoms with E-state index in [4.69, 9.17) is 5.73 Å². The molecule has 78 valence electrons. The highest BCUT2D eigenvalue weighted by Crippen LogP contribution is 2.09. The van der Waals surface area contributed by atoms with Crippen molar-refractivity contribution in [3.05, 3.63) is 23.9 Å². The van der Waals surface area contributed by atoms with Crippen molar-refractivity contribution in [1.82, 2.24) is 14.6 Å². The molecule has 0 radical (unpaired) electrons. The largest absolute Gasteiger partial charge is 0.368 e. The zero-order valence-corrected chi connectivity index (χ0v) is 8.27. The van der Waals surface area contributed by atoms with Crippen molar-refractivity contribution < 1.29 is 4.79 Å². The van der Waals surface area contributed by atoms with Crippen LogP contribution in [0.4, 0.5) is 5.95 Å². The molecule has 0 atom stereocenters. The number of hydrogen-bond donors (Lipinski definition) is 2. The summed E-state index contributed by atoms with van der Waals surface area (Å²) in [4.78, 5) is 14.8. The molecule has 0 aliphatic rings. The highest BCUT2D eigenvalue weighted by atomic mass is 16.1. The fourth-order valence-electron chi connectivity index (χ4n) is 1.28. The molecular formula is C9H11N5O. The zero-order chi connectivity index (χ0) is 10.8. The minimum atomic E-state index is -0.439. The lowest BCUT2D eigenvalue weighted by Gasteiger charge is -1.94. The molecule has 2 aromatic rings. The maximum Gasteiger partial charge on any atom is 0.243 e. The quantitative estimate of drug-likeness (QED) is 0.734. The molecule has 0 saturated heterocycles. The first-order chi connectivity index (χ1) is 7.16. The molecule has 15 heavy (non-hydrogen) atoms. The third-order valence-corrected chi connectivity index (χ3v) is 1.98. The number of nitrogens with two attached hydrogens (primary N) is 1. The van der Waals surface area contributed by atoms with Crippen molar-refractivity contribution in [2.24, 2.45) is 5.73 Å². The molecule has 0 aliphatic carbocycles. The number of carbonyl (C=O) groups is 1. The van der Waals surface area contributed by atoms with E-state index in [2.05, 4.69) is 15.4 Å². The van der Waals surface area contributed by atoms with E-state index < -0.39 is 5.91 Å². The van der Waals surface area contributed by atoms with E-state index in [1.165, 1.54) is 0 Å². The molecule has 0 bridgehead atoms. The van der Waals surface area contributed by atoms with Crippen LogP contribution in [0.5, 0.6) is 0 Å². The van der Waals surface area contributed by atoms with Crippen LogP contribution in [0.3, 0.4) is 0 Å². The predicted octanol–water partition coefficient (Wildman–Crippen LogP) is -0.0651. The van der Waals surface area contributed by atoms with E-state index in [-0.39, 0.29) is 6.54 Å². The van der Waals surface area contributed by atoms with Gasteiger partial charge in [-0.2, -0.15) is 4.98 Å². The lowest BCUT2D eigenvalue weighted by Crippen LogP contribution is -2.22. The second-order valence-electron chi connectivity index (χ2n) is 3.21. The topological polar surface area (TPSA) is 85.3 Å². The number of nitrogens with one attached hydrogen (secondary N) is 1. The summed E-state index contributed by atoms with van der Waals surface area (Å²) >= 11 is 0. The van der Waals surface area contributed by atoms with E-state index in [0.717, 1.165) is 11.2 Å². The number of hydrogen-bond acceptors (Lipinski definition) is 4. The van der Waals surface area contributed by atoms with E-state index in [1.54, 1.807) is 10.7 Å². The van der Waals surface area contributed by atoms with Gasteiger partial charge in [0.25, 0.3) is 0 Å². The molecule has 2 aromatic heterocycles. The van der Waals surface area contributed by atoms with Gasteiger partial charge in [-0.25, -0.2) is 4.52 Å². The van der Waals surface area contributed by atoms with Crippen LogP contribution >= 0.6 is 0 Å². The fourth-order valence-corrected chi connectivity index (χ4v) is 1.28. The highest BCUT2D eigenvalue weighted by molar-refractivity contribution is 5.78. The molecule has 0 spiro atoms. The van der Waals surface area contributed by atoms with Crippen LogP contribution in [0.1, 0.15) is 5.56 Å². The number of anilines is 1. The van der Waals surface area contributed by atoms with Crippen LogP contribution in [0.15, 0.2) is 18.3 Å². The van der Waals surface area contributed by atoms with Gasteiger partial charge in [-0.1, -0.05) is 6.07 Å². The van der Waals surface area contributed by atoms with Crippen molar-refractivity contribution in [1.29, 1.82) is 0 Å². The van der Waals surface area contributed by atoms with Gasteiger partial charge in [0, 0.05) is 6.20 Å². The number of carbonyl (C=O) groups excluding carboxylic acids is 1. The normalized spacial score (nSPS) is 10.5. The Hall–Kier alpha value is -2.11. The number of pyridine rings is 1. The molecular weight excluding hydrogens is 194 g/mol. The van der Waals surface area contributed by atoms with Gasteiger partial charge < -0.3 is 11.1 Å². The standard InChI is InChI=1S/C9H11N5O/c1-6-3-2-4-14-8(6)12-9(13-14)11-5-7(10)15/h2-4H,5H2,1H3,(H2,10,15)(H,11,13). The van der Waals surface area contributed by atoms with Gasteiger partial charge in [0.2, 0.25) is 11.9 Å². The minimum Gasteiger partial charge on any atom is -0.368 e. The molecule has 6 nitrogen and oxygen atoms in total. The number of primary amides is 1. The SMILES string of the molecule is Cc1cccn2nc(NCC(N)=O)nc12. The molecule has 0 unspecified atom stereocenters. The molecule has 1 amide bonds. The molecule has 0 aromatic carbocycles. The van der Waals surface area contributed by atoms with E-state index >= 15 is 0 Å². The molecule has 0 saturated carbocycles. The molecule has 0 aliphatic heterocycles. The number of fused-ring (bicyclic) bond motifs is 1. The number of amides is 1. The molecule has 3 N–H and O–H groups in total. The summed E-state index contributed by atoms with van der Waals surface area (Å²) in [5.74, 6) is -0.0336. The van der Waals surface area contributed by atoms with Gasteiger partial charge in [-0.15, -0.1) is 5.10 Å². The Kier molecular flexibility index (Phi) is 2.24. The van der Waals surface area contributed by atoms with E-state index in [9.17, 15) is 4.79 Å². The second-order valence-corrected chi connectivity index (χ2v) is 3.21. The Labute approximate surface area is 86.1 Å². The van der Waals surface area contributed by atoms with Crippen molar-refractivity contribution in [2.75, 3.05) is 11.9 Å². The third-order valence-electron chi connectivity index (χ3n) is 1.98. The monoisotopic (exact) mass is 205 g/mol. The number of aromatic nitrogens is 3. The number of aryl methyl sites for hydroxylation is 1. The summed E-state index contributed by atoms with van der Waals surface area (Å²) in [5.41, 5.74) is 6.79. The van der Waals surface area contributed by atoms with Crippen molar-refractivity contribution >= 4 is 17.5 Å². The van der Waals surface area contributed by atoms with Gasteiger partial charge in [-0.3, -0.25) is 4.79 Å². The Bertz CT molecular complexity index is 504. The van der Waals surface area contributed by atoms with Gasteiger partial charge in [0.05, 0.1) is 6.54 Å².